The van der Waals surface area contributed by atoms with Crippen LogP contribution in [0.5, 0.6) is 0 Å². The minimum absolute atomic E-state index is 0.0202. The summed E-state index contributed by atoms with van der Waals surface area (Å²) in [6.45, 7) is -1.64. The summed E-state index contributed by atoms with van der Waals surface area (Å²) in [6.07, 6.45) is -1.41. The molecule has 0 bridgehead atoms. The van der Waals surface area contributed by atoms with Gasteiger partial charge in [-0.25, -0.2) is 4.98 Å². The van der Waals surface area contributed by atoms with Crippen LogP contribution in [-0.2, 0) is 0 Å². The molecular formula is C11H12F7N3. The number of hydrogen-bond donors (Lipinski definition) is 0. The average molecular weight is 319 g/mol. The Kier molecular flexibility index (Phi) is 3.94. The van der Waals surface area contributed by atoms with Crippen LogP contribution < -0.4 is 0 Å². The molecule has 0 radical (unpaired) electrons. The maximum absolute atomic E-state index is 13.3. The van der Waals surface area contributed by atoms with Crippen LogP contribution in [0.25, 0.3) is 0 Å². The lowest BCUT2D eigenvalue weighted by Gasteiger charge is -2.31. The molecule has 1 saturated heterocycles. The van der Waals surface area contributed by atoms with Crippen LogP contribution in [0.15, 0.2) is 18.7 Å². The molecule has 0 spiro atoms. The largest absolute Gasteiger partial charge is 0.459 e. The molecule has 2 rings (SSSR count). The van der Waals surface area contributed by atoms with Crippen molar-refractivity contribution in [1.82, 2.24) is 14.5 Å². The van der Waals surface area contributed by atoms with E-state index >= 15 is 0 Å². The predicted octanol–water partition coefficient (Wildman–Crippen LogP) is 2.96. The maximum atomic E-state index is 13.3. The third kappa shape index (κ3) is 2.99. The van der Waals surface area contributed by atoms with Gasteiger partial charge in [0.2, 0.25) is 0 Å². The van der Waals surface area contributed by atoms with Crippen molar-refractivity contribution in [1.29, 1.82) is 0 Å². The Labute approximate surface area is 115 Å². The lowest BCUT2D eigenvalue weighted by molar-refractivity contribution is -0.356. The molecule has 1 atom stereocenters. The van der Waals surface area contributed by atoms with Gasteiger partial charge in [-0.1, -0.05) is 0 Å². The van der Waals surface area contributed by atoms with E-state index in [0.29, 0.717) is 6.42 Å². The van der Waals surface area contributed by atoms with Crippen molar-refractivity contribution in [2.75, 3.05) is 19.6 Å². The van der Waals surface area contributed by atoms with Crippen LogP contribution in [0.2, 0.25) is 0 Å². The smallest absolute Gasteiger partial charge is 0.333 e. The van der Waals surface area contributed by atoms with Gasteiger partial charge in [0.15, 0.2) is 0 Å². The van der Waals surface area contributed by atoms with E-state index in [0.717, 1.165) is 4.90 Å². The molecule has 3 nitrogen and oxygen atoms in total. The highest BCUT2D eigenvalue weighted by atomic mass is 19.4. The van der Waals surface area contributed by atoms with Gasteiger partial charge in [-0.15, -0.1) is 0 Å². The number of imidazole rings is 1. The Morgan fingerprint density at radius 2 is 1.76 bits per heavy atom. The molecule has 0 aliphatic carbocycles. The van der Waals surface area contributed by atoms with Crippen molar-refractivity contribution in [2.24, 2.45) is 0 Å². The first kappa shape index (κ1) is 16.1. The molecule has 1 fully saturated rings. The second-order valence-electron chi connectivity index (χ2n) is 4.96. The molecular weight excluding hydrogens is 307 g/mol. The maximum Gasteiger partial charge on any atom is 0.459 e. The summed E-state index contributed by atoms with van der Waals surface area (Å²) in [4.78, 5) is 4.67. The number of hydrogen-bond acceptors (Lipinski definition) is 2. The van der Waals surface area contributed by atoms with Gasteiger partial charge in [0.05, 0.1) is 12.9 Å². The second kappa shape index (κ2) is 5.15. The molecule has 1 aliphatic heterocycles. The Morgan fingerprint density at radius 1 is 1.10 bits per heavy atom. The van der Waals surface area contributed by atoms with Gasteiger partial charge in [-0.05, 0) is 6.42 Å². The number of aromatic nitrogens is 2. The van der Waals surface area contributed by atoms with Crippen LogP contribution in [-0.4, -0.2) is 52.1 Å². The van der Waals surface area contributed by atoms with Crippen LogP contribution in [0.1, 0.15) is 12.5 Å². The topological polar surface area (TPSA) is 21.1 Å². The minimum Gasteiger partial charge on any atom is -0.333 e. The molecule has 0 aromatic carbocycles. The van der Waals surface area contributed by atoms with Gasteiger partial charge in [0.25, 0.3) is 0 Å². The van der Waals surface area contributed by atoms with Crippen molar-refractivity contribution in [3.63, 3.8) is 0 Å². The van der Waals surface area contributed by atoms with E-state index in [9.17, 15) is 30.7 Å². The quantitative estimate of drug-likeness (QED) is 0.796. The van der Waals surface area contributed by atoms with E-state index in [1.807, 2.05) is 0 Å². The molecule has 120 valence electrons. The van der Waals surface area contributed by atoms with Crippen molar-refractivity contribution in [2.45, 2.75) is 30.5 Å². The minimum atomic E-state index is -6.28. The zero-order chi connectivity index (χ0) is 15.9. The molecule has 0 N–H and O–H groups in total. The molecule has 0 amide bonds. The standard InChI is InChI=1S/C11H12F7N3/c12-9(13,10(14,15)11(16,17)18)6-20-3-1-8(5-20)21-4-2-19-7-21/h2,4,7-8H,1,3,5-6H2/t8-/m0/s1. The molecule has 0 saturated carbocycles. The molecule has 21 heavy (non-hydrogen) atoms. The number of nitrogens with zero attached hydrogens (tertiary/aromatic N) is 3. The Balaban J connectivity index is 2.02. The molecule has 0 unspecified atom stereocenters. The van der Waals surface area contributed by atoms with Gasteiger partial charge in [0.1, 0.15) is 0 Å². The molecule has 1 aromatic rings. The fourth-order valence-electron chi connectivity index (χ4n) is 2.27. The van der Waals surface area contributed by atoms with Gasteiger partial charge in [-0.2, -0.15) is 30.7 Å². The summed E-state index contributed by atoms with van der Waals surface area (Å²) in [6, 6.07) is -0.261. The SMILES string of the molecule is FC(F)(F)C(F)(F)C(F)(F)CN1CC[C@H](n2ccnc2)C1. The van der Waals surface area contributed by atoms with Crippen LogP contribution in [0.4, 0.5) is 30.7 Å². The Bertz CT molecular complexity index is 469. The van der Waals surface area contributed by atoms with Crippen LogP contribution in [0.3, 0.4) is 0 Å². The zero-order valence-corrected chi connectivity index (χ0v) is 10.6. The van der Waals surface area contributed by atoms with Gasteiger partial charge < -0.3 is 4.57 Å². The lowest BCUT2D eigenvalue weighted by Crippen LogP contribution is -2.56. The molecule has 1 aliphatic rings. The number of likely N-dealkylation sites (tertiary alicyclic amines) is 1. The van der Waals surface area contributed by atoms with Crippen molar-refractivity contribution >= 4 is 0 Å². The average Bonchev–Trinajstić information content (AvgIpc) is 2.96. The summed E-state index contributed by atoms with van der Waals surface area (Å²) in [5, 5.41) is 0. The van der Waals surface area contributed by atoms with E-state index in [-0.39, 0.29) is 19.1 Å². The van der Waals surface area contributed by atoms with Crippen molar-refractivity contribution in [3.05, 3.63) is 18.7 Å². The summed E-state index contributed by atoms with van der Waals surface area (Å²) >= 11 is 0. The number of rotatable bonds is 4. The van der Waals surface area contributed by atoms with Crippen LogP contribution in [0, 0.1) is 0 Å². The number of alkyl halides is 7. The van der Waals surface area contributed by atoms with E-state index in [1.165, 1.54) is 12.5 Å². The molecule has 1 aromatic heterocycles. The fraction of sp³-hybridized carbons (Fsp3) is 0.727. The lowest BCUT2D eigenvalue weighted by atomic mass is 10.1. The van der Waals surface area contributed by atoms with Crippen molar-refractivity contribution in [3.8, 4) is 0 Å². The van der Waals surface area contributed by atoms with E-state index < -0.39 is 24.6 Å². The van der Waals surface area contributed by atoms with Gasteiger partial charge in [-0.3, -0.25) is 4.90 Å². The Morgan fingerprint density at radius 3 is 2.29 bits per heavy atom. The summed E-state index contributed by atoms with van der Waals surface area (Å²) in [5.41, 5.74) is 0. The van der Waals surface area contributed by atoms with Gasteiger partial charge >= 0.3 is 18.0 Å². The summed E-state index contributed by atoms with van der Waals surface area (Å²) in [5.74, 6) is -11.2. The van der Waals surface area contributed by atoms with Crippen LogP contribution >= 0.6 is 0 Å². The Hall–Kier alpha value is -1.32. The van der Waals surface area contributed by atoms with Gasteiger partial charge in [0, 0.05) is 31.5 Å². The molecule has 2 heterocycles. The summed E-state index contributed by atoms with van der Waals surface area (Å²) in [7, 11) is 0. The second-order valence-corrected chi connectivity index (χ2v) is 4.96. The highest BCUT2D eigenvalue weighted by Gasteiger charge is 2.73. The molecule has 10 heteroatoms. The highest BCUT2D eigenvalue weighted by Crippen LogP contribution is 2.47. The predicted molar refractivity (Wildman–Crippen MR) is 58.3 cm³/mol. The third-order valence-corrected chi connectivity index (χ3v) is 3.43. The highest BCUT2D eigenvalue weighted by molar-refractivity contribution is 4.95. The first-order chi connectivity index (χ1) is 9.54. The van der Waals surface area contributed by atoms with E-state index in [2.05, 4.69) is 4.98 Å². The summed E-state index contributed by atoms with van der Waals surface area (Å²) < 4.78 is 89.9. The normalized spacial score (nSPS) is 22.0. The third-order valence-electron chi connectivity index (χ3n) is 3.43. The first-order valence-electron chi connectivity index (χ1n) is 6.07. The van der Waals surface area contributed by atoms with Crippen molar-refractivity contribution < 1.29 is 30.7 Å². The first-order valence-corrected chi connectivity index (χ1v) is 6.07. The van der Waals surface area contributed by atoms with E-state index in [1.54, 1.807) is 10.8 Å². The number of halogens is 7. The monoisotopic (exact) mass is 319 g/mol. The zero-order valence-electron chi connectivity index (χ0n) is 10.6. The fourth-order valence-corrected chi connectivity index (χ4v) is 2.27. The van der Waals surface area contributed by atoms with E-state index in [4.69, 9.17) is 0 Å².